The predicted octanol–water partition coefficient (Wildman–Crippen LogP) is 5.18. The molecule has 138 valence electrons. The highest BCUT2D eigenvalue weighted by molar-refractivity contribution is 6.17. The SMILES string of the molecule is CCCCc1ccc([N+](=O)[O-])cc1C(=O)c1ccc(OCCCCl)cc1. The maximum absolute atomic E-state index is 12.9. The highest BCUT2D eigenvalue weighted by Crippen LogP contribution is 2.23. The third-order valence-corrected chi connectivity index (χ3v) is 4.28. The molecule has 0 N–H and O–H groups in total. The van der Waals surface area contributed by atoms with Gasteiger partial charge in [-0.25, -0.2) is 0 Å². The zero-order valence-corrected chi connectivity index (χ0v) is 15.5. The fraction of sp³-hybridized carbons (Fsp3) is 0.350. The van der Waals surface area contributed by atoms with Gasteiger partial charge in [0.05, 0.1) is 11.5 Å². The summed E-state index contributed by atoms with van der Waals surface area (Å²) >= 11 is 5.62. The minimum Gasteiger partial charge on any atom is -0.494 e. The maximum Gasteiger partial charge on any atom is 0.270 e. The number of halogens is 1. The van der Waals surface area contributed by atoms with Crippen LogP contribution in [0.1, 0.15) is 47.7 Å². The molecule has 0 atom stereocenters. The summed E-state index contributed by atoms with van der Waals surface area (Å²) in [5.74, 6) is 0.980. The molecule has 0 radical (unpaired) electrons. The van der Waals surface area contributed by atoms with Gasteiger partial charge in [0, 0.05) is 29.1 Å². The van der Waals surface area contributed by atoms with Crippen LogP contribution >= 0.6 is 11.6 Å². The van der Waals surface area contributed by atoms with E-state index in [9.17, 15) is 14.9 Å². The first-order valence-electron chi connectivity index (χ1n) is 8.67. The Balaban J connectivity index is 2.26. The van der Waals surface area contributed by atoms with Gasteiger partial charge in [-0.2, -0.15) is 0 Å². The summed E-state index contributed by atoms with van der Waals surface area (Å²) in [5, 5.41) is 11.1. The van der Waals surface area contributed by atoms with E-state index < -0.39 is 4.92 Å². The fourth-order valence-corrected chi connectivity index (χ4v) is 2.69. The molecule has 6 heteroatoms. The highest BCUT2D eigenvalue weighted by atomic mass is 35.5. The van der Waals surface area contributed by atoms with Gasteiger partial charge < -0.3 is 4.74 Å². The number of benzene rings is 2. The smallest absolute Gasteiger partial charge is 0.270 e. The van der Waals surface area contributed by atoms with Crippen LogP contribution in [0.5, 0.6) is 5.75 Å². The summed E-state index contributed by atoms with van der Waals surface area (Å²) in [6.07, 6.45) is 3.37. The van der Waals surface area contributed by atoms with Crippen LogP contribution in [0.15, 0.2) is 42.5 Å². The van der Waals surface area contributed by atoms with E-state index >= 15 is 0 Å². The topological polar surface area (TPSA) is 69.4 Å². The Kier molecular flexibility index (Phi) is 7.60. The van der Waals surface area contributed by atoms with Crippen molar-refractivity contribution in [2.45, 2.75) is 32.6 Å². The Morgan fingerprint density at radius 3 is 2.50 bits per heavy atom. The Morgan fingerprint density at radius 2 is 1.88 bits per heavy atom. The Bertz CT molecular complexity index is 759. The van der Waals surface area contributed by atoms with Crippen LogP contribution in [-0.4, -0.2) is 23.2 Å². The molecule has 0 saturated carbocycles. The van der Waals surface area contributed by atoms with Gasteiger partial charge in [0.15, 0.2) is 5.78 Å². The molecule has 0 unspecified atom stereocenters. The molecule has 0 spiro atoms. The summed E-state index contributed by atoms with van der Waals surface area (Å²) < 4.78 is 5.53. The van der Waals surface area contributed by atoms with Crippen molar-refractivity contribution in [3.8, 4) is 5.75 Å². The molecule has 0 fully saturated rings. The van der Waals surface area contributed by atoms with E-state index in [1.165, 1.54) is 12.1 Å². The monoisotopic (exact) mass is 375 g/mol. The third kappa shape index (κ3) is 5.30. The minimum atomic E-state index is -0.478. The molecule has 5 nitrogen and oxygen atoms in total. The molecule has 0 heterocycles. The molecule has 0 saturated heterocycles. The maximum atomic E-state index is 12.9. The number of rotatable bonds is 10. The number of carbonyl (C=O) groups excluding carboxylic acids is 1. The van der Waals surface area contributed by atoms with E-state index in [1.54, 1.807) is 30.3 Å². The molecule has 0 aromatic heterocycles. The number of nitro benzene ring substituents is 1. The second-order valence-electron chi connectivity index (χ2n) is 5.95. The van der Waals surface area contributed by atoms with Crippen LogP contribution in [-0.2, 0) is 6.42 Å². The van der Waals surface area contributed by atoms with E-state index in [4.69, 9.17) is 16.3 Å². The van der Waals surface area contributed by atoms with Crippen LogP contribution in [0.25, 0.3) is 0 Å². The zero-order valence-electron chi connectivity index (χ0n) is 14.7. The van der Waals surface area contributed by atoms with E-state index in [1.807, 2.05) is 0 Å². The average molecular weight is 376 g/mol. The Labute approximate surface area is 158 Å². The van der Waals surface area contributed by atoms with E-state index in [-0.39, 0.29) is 11.5 Å². The number of carbonyl (C=O) groups is 1. The third-order valence-electron chi connectivity index (χ3n) is 4.01. The summed E-state index contributed by atoms with van der Waals surface area (Å²) in [5.41, 5.74) is 1.64. The molecule has 2 rings (SSSR count). The Morgan fingerprint density at radius 1 is 1.15 bits per heavy atom. The van der Waals surface area contributed by atoms with Gasteiger partial charge in [-0.1, -0.05) is 19.4 Å². The number of alkyl halides is 1. The normalized spacial score (nSPS) is 10.5. The average Bonchev–Trinajstić information content (AvgIpc) is 2.66. The van der Waals surface area contributed by atoms with Gasteiger partial charge in [-0.05, 0) is 49.1 Å². The highest BCUT2D eigenvalue weighted by Gasteiger charge is 2.18. The summed E-state index contributed by atoms with van der Waals surface area (Å²) in [7, 11) is 0. The summed E-state index contributed by atoms with van der Waals surface area (Å²) in [6, 6.07) is 11.3. The predicted molar refractivity (Wildman–Crippen MR) is 102 cm³/mol. The minimum absolute atomic E-state index is 0.0744. The number of aryl methyl sites for hydroxylation is 1. The lowest BCUT2D eigenvalue weighted by atomic mass is 9.95. The van der Waals surface area contributed by atoms with Gasteiger partial charge in [-0.3, -0.25) is 14.9 Å². The Hall–Kier alpha value is -2.40. The molecule has 0 amide bonds. The van der Waals surface area contributed by atoms with Crippen molar-refractivity contribution in [3.63, 3.8) is 0 Å². The van der Waals surface area contributed by atoms with Crippen molar-refractivity contribution < 1.29 is 14.5 Å². The number of hydrogen-bond donors (Lipinski definition) is 0. The number of ether oxygens (including phenoxy) is 1. The molecule has 0 aliphatic carbocycles. The van der Waals surface area contributed by atoms with E-state index in [2.05, 4.69) is 6.92 Å². The first-order chi connectivity index (χ1) is 12.6. The molecule has 0 aliphatic rings. The lowest BCUT2D eigenvalue weighted by Gasteiger charge is -2.10. The van der Waals surface area contributed by atoms with Gasteiger partial charge in [-0.15, -0.1) is 11.6 Å². The summed E-state index contributed by atoms with van der Waals surface area (Å²) in [4.78, 5) is 23.5. The number of hydrogen-bond acceptors (Lipinski definition) is 4. The van der Waals surface area contributed by atoms with Crippen molar-refractivity contribution in [1.82, 2.24) is 0 Å². The van der Waals surface area contributed by atoms with E-state index in [0.717, 1.165) is 31.2 Å². The lowest BCUT2D eigenvalue weighted by Crippen LogP contribution is -2.07. The van der Waals surface area contributed by atoms with Crippen molar-refractivity contribution in [3.05, 3.63) is 69.3 Å². The molecule has 26 heavy (non-hydrogen) atoms. The summed E-state index contributed by atoms with van der Waals surface area (Å²) in [6.45, 7) is 2.58. The van der Waals surface area contributed by atoms with Crippen molar-refractivity contribution in [1.29, 1.82) is 0 Å². The van der Waals surface area contributed by atoms with Gasteiger partial charge in [0.2, 0.25) is 0 Å². The molecular formula is C20H22ClNO4. The second-order valence-corrected chi connectivity index (χ2v) is 6.32. The molecule has 2 aromatic rings. The first-order valence-corrected chi connectivity index (χ1v) is 9.21. The molecule has 2 aromatic carbocycles. The van der Waals surface area contributed by atoms with Gasteiger partial charge in [0.1, 0.15) is 5.75 Å². The number of unbranched alkanes of at least 4 members (excludes halogenated alkanes) is 1. The molecular weight excluding hydrogens is 354 g/mol. The number of non-ortho nitro benzene ring substituents is 1. The van der Waals surface area contributed by atoms with Crippen LogP contribution in [0, 0.1) is 10.1 Å². The van der Waals surface area contributed by atoms with E-state index in [0.29, 0.717) is 29.4 Å². The molecule has 0 aliphatic heterocycles. The van der Waals surface area contributed by atoms with Gasteiger partial charge in [0.25, 0.3) is 5.69 Å². The van der Waals surface area contributed by atoms with Crippen molar-refractivity contribution in [2.75, 3.05) is 12.5 Å². The largest absolute Gasteiger partial charge is 0.494 e. The number of nitrogens with zero attached hydrogens (tertiary/aromatic N) is 1. The van der Waals surface area contributed by atoms with Crippen molar-refractivity contribution >= 4 is 23.1 Å². The molecule has 0 bridgehead atoms. The zero-order chi connectivity index (χ0) is 18.9. The quantitative estimate of drug-likeness (QED) is 0.189. The standard InChI is InChI=1S/C20H22ClNO4/c1-2-3-5-15-6-9-17(22(24)25)14-19(15)20(23)16-7-10-18(11-8-16)26-13-4-12-21/h6-11,14H,2-5,12-13H2,1H3. The fourth-order valence-electron chi connectivity index (χ4n) is 2.58. The number of ketones is 1. The number of nitro groups is 1. The van der Waals surface area contributed by atoms with Crippen LogP contribution in [0.2, 0.25) is 0 Å². The van der Waals surface area contributed by atoms with Crippen LogP contribution in [0.4, 0.5) is 5.69 Å². The van der Waals surface area contributed by atoms with Crippen molar-refractivity contribution in [2.24, 2.45) is 0 Å². The van der Waals surface area contributed by atoms with Crippen LogP contribution in [0.3, 0.4) is 0 Å². The van der Waals surface area contributed by atoms with Crippen LogP contribution < -0.4 is 4.74 Å². The second kappa shape index (κ2) is 9.92. The van der Waals surface area contributed by atoms with Gasteiger partial charge >= 0.3 is 0 Å². The lowest BCUT2D eigenvalue weighted by molar-refractivity contribution is -0.384. The first kappa shape index (κ1) is 19.9.